The fourth-order valence-corrected chi connectivity index (χ4v) is 0. The summed E-state index contributed by atoms with van der Waals surface area (Å²) in [6, 6.07) is 0. The van der Waals surface area contributed by atoms with Gasteiger partial charge in [-0.25, -0.2) is 0 Å². The van der Waals surface area contributed by atoms with E-state index in [2.05, 4.69) is 13.8 Å². The van der Waals surface area contributed by atoms with Gasteiger partial charge in [0.05, 0.1) is 0 Å². The molecule has 0 aliphatic carbocycles. The van der Waals surface area contributed by atoms with Crippen molar-refractivity contribution in [3.05, 3.63) is 13.8 Å². The van der Waals surface area contributed by atoms with Crippen LogP contribution in [0.3, 0.4) is 0 Å². The van der Waals surface area contributed by atoms with Crippen LogP contribution in [0, 0.1) is 13.8 Å². The molecule has 0 rings (SSSR count). The van der Waals surface area contributed by atoms with Crippen LogP contribution in [-0.4, -0.2) is 23.4 Å². The monoisotopic (exact) mass is 240 g/mol. The van der Waals surface area contributed by atoms with Gasteiger partial charge < -0.3 is 24.1 Å². The molecule has 0 spiro atoms. The quantitative estimate of drug-likeness (QED) is 0.634. The van der Waals surface area contributed by atoms with Crippen LogP contribution >= 0.6 is 0 Å². The summed E-state index contributed by atoms with van der Waals surface area (Å²) in [5, 5.41) is 15.1. The van der Waals surface area contributed by atoms with E-state index in [1.54, 1.807) is 27.7 Å². The van der Waals surface area contributed by atoms with Crippen molar-refractivity contribution in [1.82, 2.24) is 0 Å². The fourth-order valence-electron chi connectivity index (χ4n) is 0. The zero-order valence-electron chi connectivity index (χ0n) is 8.22. The Kier molecular flexibility index (Phi) is 358. The predicted octanol–water partition coefficient (Wildman–Crippen LogP) is 1.68. The second-order valence-electron chi connectivity index (χ2n) is 0.632. The van der Waals surface area contributed by atoms with E-state index in [0.29, 0.717) is 0 Å². The van der Waals surface area contributed by atoms with Gasteiger partial charge in [0.2, 0.25) is 0 Å². The van der Waals surface area contributed by atoms with Crippen LogP contribution in [-0.2, 0) is 26.2 Å². The summed E-state index contributed by atoms with van der Waals surface area (Å²) in [5.74, 6) is 0. The van der Waals surface area contributed by atoms with Gasteiger partial charge >= 0.3 is 26.2 Å². The molecule has 0 aromatic rings. The summed E-state index contributed by atoms with van der Waals surface area (Å²) >= 11 is 0. The van der Waals surface area contributed by atoms with E-state index in [9.17, 15) is 0 Å². The molecule has 0 atom stereocenters. The van der Waals surface area contributed by atoms with E-state index >= 15 is 0 Å². The molecule has 3 heteroatoms. The van der Waals surface area contributed by atoms with E-state index in [4.69, 9.17) is 10.2 Å². The van der Waals surface area contributed by atoms with Gasteiger partial charge in [0, 0.05) is 13.2 Å². The Hall–Kier alpha value is 0.803. The minimum atomic E-state index is 0. The van der Waals surface area contributed by atoms with E-state index in [0.717, 1.165) is 0 Å². The third kappa shape index (κ3) is 1300. The summed E-state index contributed by atoms with van der Waals surface area (Å²) in [6.07, 6.45) is 0. The first-order chi connectivity index (χ1) is 4.83. The molecule has 0 fully saturated rings. The minimum absolute atomic E-state index is 0. The Morgan fingerprint density at radius 1 is 0.818 bits per heavy atom. The smallest absolute Gasteiger partial charge is 0.397 e. The molecule has 0 aliphatic heterocycles. The second kappa shape index (κ2) is 132. The molecule has 0 radical (unpaired) electrons. The molecule has 0 unspecified atom stereocenters. The van der Waals surface area contributed by atoms with Gasteiger partial charge in [-0.05, 0) is 13.8 Å². The molecular formula is C8H22O2Zr. The first-order valence-electron chi connectivity index (χ1n) is 3.46. The van der Waals surface area contributed by atoms with E-state index in [1.807, 2.05) is 0 Å². The zero-order chi connectivity index (χ0) is 9.41. The normalized spacial score (nSPS) is 4.36. The van der Waals surface area contributed by atoms with Crippen LogP contribution in [0.2, 0.25) is 0 Å². The Morgan fingerprint density at radius 2 is 0.818 bits per heavy atom. The Bertz CT molecular complexity index is 14.1. The average Bonchev–Trinajstić information content (AvgIpc) is 1.99. The van der Waals surface area contributed by atoms with Crippen molar-refractivity contribution >= 4 is 0 Å². The zero-order valence-corrected chi connectivity index (χ0v) is 10.7. The summed E-state index contributed by atoms with van der Waals surface area (Å²) < 4.78 is 0. The van der Waals surface area contributed by atoms with E-state index in [-0.39, 0.29) is 39.4 Å². The maximum atomic E-state index is 7.57. The van der Waals surface area contributed by atoms with Gasteiger partial charge in [0.1, 0.15) is 0 Å². The summed E-state index contributed by atoms with van der Waals surface area (Å²) in [4.78, 5) is 0. The van der Waals surface area contributed by atoms with Crippen molar-refractivity contribution in [3.8, 4) is 0 Å². The SMILES string of the molecule is CCO.CCO.[CH2-]C.[CH2-]C.[Zr+2]. The number of aliphatic hydroxyl groups excluding tert-OH is 2. The van der Waals surface area contributed by atoms with Gasteiger partial charge in [-0.3, -0.25) is 0 Å². The average molecular weight is 241 g/mol. The van der Waals surface area contributed by atoms with Crippen molar-refractivity contribution in [2.45, 2.75) is 27.7 Å². The van der Waals surface area contributed by atoms with Crippen molar-refractivity contribution in [2.75, 3.05) is 13.2 Å². The van der Waals surface area contributed by atoms with Gasteiger partial charge in [0.25, 0.3) is 0 Å². The maximum absolute atomic E-state index is 7.57. The molecule has 0 saturated carbocycles. The first kappa shape index (κ1) is 29.8. The largest absolute Gasteiger partial charge is 2.00 e. The molecule has 0 aliphatic rings. The van der Waals surface area contributed by atoms with Crippen LogP contribution in [0.25, 0.3) is 0 Å². The predicted molar refractivity (Wildman–Crippen MR) is 47.6 cm³/mol. The molecule has 0 bridgehead atoms. The molecule has 0 aromatic heterocycles. The molecular weight excluding hydrogens is 219 g/mol. The van der Waals surface area contributed by atoms with Crippen LogP contribution < -0.4 is 0 Å². The minimum Gasteiger partial charge on any atom is -0.397 e. The first-order valence-corrected chi connectivity index (χ1v) is 3.46. The van der Waals surface area contributed by atoms with Crippen LogP contribution in [0.1, 0.15) is 27.7 Å². The van der Waals surface area contributed by atoms with Gasteiger partial charge in [-0.1, -0.05) is 0 Å². The molecule has 0 saturated heterocycles. The molecule has 11 heavy (non-hydrogen) atoms. The maximum Gasteiger partial charge on any atom is 2.00 e. The second-order valence-corrected chi connectivity index (χ2v) is 0.632. The Labute approximate surface area is 91.1 Å². The summed E-state index contributed by atoms with van der Waals surface area (Å²) in [6.45, 7) is 13.9. The Balaban J connectivity index is -0.0000000144. The molecule has 70 valence electrons. The van der Waals surface area contributed by atoms with Crippen LogP contribution in [0.15, 0.2) is 0 Å². The standard InChI is InChI=1S/2C2H6O.2C2H5.Zr/c2*1-2-3;2*1-2;/h2*3H,2H2,1H3;2*1H2,2H3;/q;;2*-1;+2. The van der Waals surface area contributed by atoms with E-state index < -0.39 is 0 Å². The third-order valence-electron chi connectivity index (χ3n) is 0. The molecule has 2 nitrogen and oxygen atoms in total. The third-order valence-corrected chi connectivity index (χ3v) is 0. The van der Waals surface area contributed by atoms with Gasteiger partial charge in [-0.15, -0.1) is 0 Å². The van der Waals surface area contributed by atoms with Crippen molar-refractivity contribution < 1.29 is 36.4 Å². The van der Waals surface area contributed by atoms with Gasteiger partial charge in [0.15, 0.2) is 0 Å². The Morgan fingerprint density at radius 3 is 0.818 bits per heavy atom. The van der Waals surface area contributed by atoms with Crippen LogP contribution in [0.4, 0.5) is 0 Å². The van der Waals surface area contributed by atoms with Gasteiger partial charge in [-0.2, -0.15) is 13.8 Å². The number of hydrogen-bond acceptors (Lipinski definition) is 2. The molecule has 2 N–H and O–H groups in total. The molecule has 0 amide bonds. The summed E-state index contributed by atoms with van der Waals surface area (Å²) in [7, 11) is 0. The van der Waals surface area contributed by atoms with Crippen LogP contribution in [0.5, 0.6) is 0 Å². The number of aliphatic hydroxyl groups is 2. The van der Waals surface area contributed by atoms with E-state index in [1.165, 1.54) is 0 Å². The van der Waals surface area contributed by atoms with Crippen molar-refractivity contribution in [3.63, 3.8) is 0 Å². The molecule has 0 aromatic carbocycles. The fraction of sp³-hybridized carbons (Fsp3) is 0.750. The topological polar surface area (TPSA) is 40.5 Å². The number of hydrogen-bond donors (Lipinski definition) is 2. The van der Waals surface area contributed by atoms with Crippen molar-refractivity contribution in [1.29, 1.82) is 0 Å². The molecule has 0 heterocycles. The summed E-state index contributed by atoms with van der Waals surface area (Å²) in [5.41, 5.74) is 0. The number of rotatable bonds is 0. The van der Waals surface area contributed by atoms with Crippen molar-refractivity contribution in [2.24, 2.45) is 0 Å².